The van der Waals surface area contributed by atoms with Crippen molar-refractivity contribution in [1.82, 2.24) is 5.32 Å². The Labute approximate surface area is 193 Å². The minimum Gasteiger partial charge on any atom is -0.396 e. The first-order valence-corrected chi connectivity index (χ1v) is 12.1. The zero-order chi connectivity index (χ0) is 23.1. The molecule has 0 bridgehead atoms. The fourth-order valence-electron chi connectivity index (χ4n) is 3.28. The number of hydrogen-bond acceptors (Lipinski definition) is 4. The molecule has 0 aromatic heterocycles. The maximum Gasteiger partial charge on any atom is 0.319 e. The Morgan fingerprint density at radius 1 is 1.09 bits per heavy atom. The SMILES string of the molecule is C[C@H](NC(=O)Nc1ccc(S(=O)(=O)Nc2ccc(CCO)cc2)cc1)C1=C(Cl)CCC=C1. The van der Waals surface area contributed by atoms with Gasteiger partial charge in [-0.25, -0.2) is 13.2 Å². The first kappa shape index (κ1) is 23.8. The summed E-state index contributed by atoms with van der Waals surface area (Å²) < 4.78 is 27.8. The number of aliphatic hydroxyl groups is 1. The van der Waals surface area contributed by atoms with Crippen molar-refractivity contribution in [2.75, 3.05) is 16.6 Å². The minimum absolute atomic E-state index is 0.0328. The maximum atomic E-state index is 12.6. The number of amides is 2. The lowest BCUT2D eigenvalue weighted by Crippen LogP contribution is -2.37. The van der Waals surface area contributed by atoms with E-state index >= 15 is 0 Å². The molecule has 2 aromatic rings. The second-order valence-electron chi connectivity index (χ2n) is 7.42. The fraction of sp³-hybridized carbons (Fsp3) is 0.261. The van der Waals surface area contributed by atoms with E-state index in [1.807, 2.05) is 19.1 Å². The van der Waals surface area contributed by atoms with Gasteiger partial charge in [-0.2, -0.15) is 0 Å². The summed E-state index contributed by atoms with van der Waals surface area (Å²) in [5, 5.41) is 15.2. The first-order valence-electron chi connectivity index (χ1n) is 10.2. The molecule has 1 aliphatic carbocycles. The lowest BCUT2D eigenvalue weighted by atomic mass is 10.0. The highest BCUT2D eigenvalue weighted by molar-refractivity contribution is 7.92. The van der Waals surface area contributed by atoms with Crippen molar-refractivity contribution >= 4 is 39.0 Å². The third kappa shape index (κ3) is 6.35. The predicted molar refractivity (Wildman–Crippen MR) is 127 cm³/mol. The van der Waals surface area contributed by atoms with E-state index in [9.17, 15) is 13.2 Å². The lowest BCUT2D eigenvalue weighted by molar-refractivity contribution is 0.250. The molecule has 1 atom stereocenters. The number of halogens is 1. The molecule has 4 N–H and O–H groups in total. The van der Waals surface area contributed by atoms with Crippen LogP contribution in [0, 0.1) is 0 Å². The van der Waals surface area contributed by atoms with Crippen molar-refractivity contribution in [3.63, 3.8) is 0 Å². The molecule has 3 rings (SSSR count). The summed E-state index contributed by atoms with van der Waals surface area (Å²) in [5.74, 6) is 0. The lowest BCUT2D eigenvalue weighted by Gasteiger charge is -2.19. The molecule has 1 aliphatic rings. The molecule has 170 valence electrons. The van der Waals surface area contributed by atoms with Gasteiger partial charge in [0.2, 0.25) is 0 Å². The molecule has 32 heavy (non-hydrogen) atoms. The van der Waals surface area contributed by atoms with E-state index in [1.54, 1.807) is 24.3 Å². The monoisotopic (exact) mass is 475 g/mol. The highest BCUT2D eigenvalue weighted by atomic mass is 35.5. The number of urea groups is 1. The Balaban J connectivity index is 1.60. The Morgan fingerprint density at radius 2 is 1.75 bits per heavy atom. The molecule has 0 radical (unpaired) electrons. The van der Waals surface area contributed by atoms with Crippen LogP contribution in [0.5, 0.6) is 0 Å². The van der Waals surface area contributed by atoms with Crippen molar-refractivity contribution in [1.29, 1.82) is 0 Å². The van der Waals surface area contributed by atoms with Gasteiger partial charge < -0.3 is 15.7 Å². The third-order valence-electron chi connectivity index (χ3n) is 4.98. The second-order valence-corrected chi connectivity index (χ2v) is 9.56. The average Bonchev–Trinajstić information content (AvgIpc) is 2.75. The number of carbonyl (C=O) groups is 1. The summed E-state index contributed by atoms with van der Waals surface area (Å²) in [6.07, 6.45) is 6.10. The molecule has 0 saturated carbocycles. The Kier molecular flexibility index (Phi) is 7.95. The largest absolute Gasteiger partial charge is 0.396 e. The van der Waals surface area contributed by atoms with Crippen LogP contribution in [0.1, 0.15) is 25.3 Å². The van der Waals surface area contributed by atoms with Gasteiger partial charge in [0.05, 0.1) is 10.9 Å². The average molecular weight is 476 g/mol. The number of nitrogens with one attached hydrogen (secondary N) is 3. The van der Waals surface area contributed by atoms with E-state index in [0.717, 1.165) is 29.0 Å². The summed E-state index contributed by atoms with van der Waals surface area (Å²) in [7, 11) is -3.78. The maximum absolute atomic E-state index is 12.6. The van der Waals surface area contributed by atoms with Crippen LogP contribution in [-0.4, -0.2) is 32.2 Å². The smallest absolute Gasteiger partial charge is 0.319 e. The third-order valence-corrected chi connectivity index (χ3v) is 6.79. The standard InChI is InChI=1S/C23H26ClN3O4S/c1-16(21-4-2-3-5-22(21)24)25-23(29)26-18-10-12-20(13-11-18)32(30,31)27-19-8-6-17(7-9-19)14-15-28/h2,4,6-13,16,27-28H,3,5,14-15H2,1H3,(H2,25,26,29)/t16-/m0/s1. The molecule has 0 unspecified atom stereocenters. The van der Waals surface area contributed by atoms with Crippen LogP contribution in [0.25, 0.3) is 0 Å². The van der Waals surface area contributed by atoms with Gasteiger partial charge >= 0.3 is 6.03 Å². The van der Waals surface area contributed by atoms with Gasteiger partial charge in [0.25, 0.3) is 10.0 Å². The van der Waals surface area contributed by atoms with Gasteiger partial charge in [-0.1, -0.05) is 35.9 Å². The van der Waals surface area contributed by atoms with E-state index < -0.39 is 16.1 Å². The van der Waals surface area contributed by atoms with Crippen molar-refractivity contribution in [2.24, 2.45) is 0 Å². The zero-order valence-electron chi connectivity index (χ0n) is 17.6. The van der Waals surface area contributed by atoms with Crippen molar-refractivity contribution in [3.8, 4) is 0 Å². The summed E-state index contributed by atoms with van der Waals surface area (Å²) in [6.45, 7) is 1.88. The Morgan fingerprint density at radius 3 is 2.38 bits per heavy atom. The number of rotatable bonds is 8. The highest BCUT2D eigenvalue weighted by Crippen LogP contribution is 2.25. The van der Waals surface area contributed by atoms with Crippen LogP contribution in [0.4, 0.5) is 16.2 Å². The van der Waals surface area contributed by atoms with Gasteiger partial charge in [0, 0.05) is 23.0 Å². The van der Waals surface area contributed by atoms with Gasteiger partial charge in [0.1, 0.15) is 0 Å². The minimum atomic E-state index is -3.78. The fourth-order valence-corrected chi connectivity index (χ4v) is 4.67. The van der Waals surface area contributed by atoms with Crippen molar-refractivity contribution < 1.29 is 18.3 Å². The molecule has 0 heterocycles. The number of aliphatic hydroxyl groups excluding tert-OH is 1. The van der Waals surface area contributed by atoms with Gasteiger partial charge in [-0.3, -0.25) is 4.72 Å². The quantitative estimate of drug-likeness (QED) is 0.454. The van der Waals surface area contributed by atoms with E-state index in [2.05, 4.69) is 15.4 Å². The van der Waals surface area contributed by atoms with E-state index in [1.165, 1.54) is 24.3 Å². The van der Waals surface area contributed by atoms with Gasteiger partial charge in [-0.15, -0.1) is 0 Å². The number of allylic oxidation sites excluding steroid dienone is 2. The molecule has 9 heteroatoms. The van der Waals surface area contributed by atoms with Crippen LogP contribution >= 0.6 is 11.6 Å². The number of anilines is 2. The van der Waals surface area contributed by atoms with Crippen LogP contribution < -0.4 is 15.4 Å². The molecular weight excluding hydrogens is 450 g/mol. The van der Waals surface area contributed by atoms with E-state index in [0.29, 0.717) is 17.8 Å². The van der Waals surface area contributed by atoms with Crippen molar-refractivity contribution in [3.05, 3.63) is 76.9 Å². The summed E-state index contributed by atoms with van der Waals surface area (Å²) in [5.41, 5.74) is 2.68. The number of benzene rings is 2. The second kappa shape index (κ2) is 10.7. The Hall–Kier alpha value is -2.81. The van der Waals surface area contributed by atoms with E-state index in [-0.39, 0.29) is 17.5 Å². The topological polar surface area (TPSA) is 108 Å². The molecule has 0 saturated heterocycles. The molecular formula is C23H26ClN3O4S. The zero-order valence-corrected chi connectivity index (χ0v) is 19.2. The Bertz CT molecular complexity index is 1110. The number of sulfonamides is 1. The number of hydrogen-bond donors (Lipinski definition) is 4. The first-order chi connectivity index (χ1) is 15.3. The summed E-state index contributed by atoms with van der Waals surface area (Å²) in [4.78, 5) is 12.4. The van der Waals surface area contributed by atoms with Crippen LogP contribution in [0.2, 0.25) is 0 Å². The van der Waals surface area contributed by atoms with Gasteiger partial charge in [0.15, 0.2) is 0 Å². The molecule has 0 fully saturated rings. The molecule has 0 spiro atoms. The van der Waals surface area contributed by atoms with Gasteiger partial charge in [-0.05, 0) is 73.7 Å². The molecule has 2 amide bonds. The normalized spacial score (nSPS) is 14.7. The van der Waals surface area contributed by atoms with Crippen LogP contribution in [0.15, 0.2) is 76.2 Å². The predicted octanol–water partition coefficient (Wildman–Crippen LogP) is 4.38. The summed E-state index contributed by atoms with van der Waals surface area (Å²) in [6, 6.07) is 12.0. The highest BCUT2D eigenvalue weighted by Gasteiger charge is 2.17. The van der Waals surface area contributed by atoms with Crippen molar-refractivity contribution in [2.45, 2.75) is 37.1 Å². The molecule has 0 aliphatic heterocycles. The van der Waals surface area contributed by atoms with Crippen LogP contribution in [-0.2, 0) is 16.4 Å². The summed E-state index contributed by atoms with van der Waals surface area (Å²) >= 11 is 6.24. The van der Waals surface area contributed by atoms with Crippen LogP contribution in [0.3, 0.4) is 0 Å². The molecule has 7 nitrogen and oxygen atoms in total. The number of carbonyl (C=O) groups excluding carboxylic acids is 1. The molecule has 2 aromatic carbocycles. The van der Waals surface area contributed by atoms with E-state index in [4.69, 9.17) is 16.7 Å².